The number of benzene rings is 1. The Kier molecular flexibility index (Phi) is 4.33. The van der Waals surface area contributed by atoms with Crippen LogP contribution in [0.25, 0.3) is 0 Å². The average molecular weight is 402 g/mol. The molecular formula is C18H20BrN5O. The first-order valence-corrected chi connectivity index (χ1v) is 9.33. The summed E-state index contributed by atoms with van der Waals surface area (Å²) < 4.78 is 0.860. The second kappa shape index (κ2) is 6.63. The first-order chi connectivity index (χ1) is 12.1. The largest absolute Gasteiger partial charge is 0.399 e. The highest BCUT2D eigenvalue weighted by atomic mass is 79.9. The van der Waals surface area contributed by atoms with Gasteiger partial charge in [-0.25, -0.2) is 9.97 Å². The third-order valence-electron chi connectivity index (χ3n) is 5.01. The maximum atomic E-state index is 12.8. The van der Waals surface area contributed by atoms with Gasteiger partial charge in [-0.1, -0.05) is 6.07 Å². The highest BCUT2D eigenvalue weighted by Gasteiger charge is 2.35. The van der Waals surface area contributed by atoms with Gasteiger partial charge < -0.3 is 16.0 Å². The summed E-state index contributed by atoms with van der Waals surface area (Å²) in [6.45, 7) is 0.681. The molecule has 6 nitrogen and oxygen atoms in total. The van der Waals surface area contributed by atoms with E-state index >= 15 is 0 Å². The number of nitrogens with zero attached hydrogens (tertiary/aromatic N) is 3. The molecule has 7 heteroatoms. The molecule has 2 aliphatic rings. The number of amides is 1. The molecule has 0 spiro atoms. The molecule has 1 aliphatic heterocycles. The minimum atomic E-state index is 0.104. The van der Waals surface area contributed by atoms with Gasteiger partial charge in [0, 0.05) is 42.3 Å². The highest BCUT2D eigenvalue weighted by Crippen LogP contribution is 2.32. The number of nitrogens with two attached hydrogens (primary N) is 1. The summed E-state index contributed by atoms with van der Waals surface area (Å²) in [5, 5.41) is 3.41. The molecule has 1 saturated carbocycles. The van der Waals surface area contributed by atoms with Gasteiger partial charge in [-0.3, -0.25) is 4.79 Å². The molecule has 2 atom stereocenters. The van der Waals surface area contributed by atoms with Gasteiger partial charge in [-0.2, -0.15) is 0 Å². The summed E-state index contributed by atoms with van der Waals surface area (Å²) in [6, 6.07) is 6.15. The second-order valence-corrected chi connectivity index (χ2v) is 7.65. The topological polar surface area (TPSA) is 84.1 Å². The SMILES string of the molecule is Nc1ccc2c(c1)C(=O)N([C@H]1CCC[C@@H](Nc3ncc(Br)cn3)C1)C2. The Labute approximate surface area is 155 Å². The lowest BCUT2D eigenvalue weighted by Crippen LogP contribution is -2.42. The third kappa shape index (κ3) is 3.33. The van der Waals surface area contributed by atoms with Crippen LogP contribution in [0.15, 0.2) is 35.1 Å². The predicted molar refractivity (Wildman–Crippen MR) is 100 cm³/mol. The highest BCUT2D eigenvalue weighted by molar-refractivity contribution is 9.10. The molecule has 2 aromatic rings. The van der Waals surface area contributed by atoms with Crippen molar-refractivity contribution in [2.45, 2.75) is 44.3 Å². The number of nitrogen functional groups attached to an aromatic ring is 1. The average Bonchev–Trinajstić information content (AvgIpc) is 2.94. The Morgan fingerprint density at radius 3 is 2.84 bits per heavy atom. The summed E-state index contributed by atoms with van der Waals surface area (Å²) in [5.41, 5.74) is 8.31. The van der Waals surface area contributed by atoms with Gasteiger partial charge in [0.1, 0.15) is 0 Å². The maximum Gasteiger partial charge on any atom is 0.254 e. The molecule has 1 aromatic carbocycles. The van der Waals surface area contributed by atoms with E-state index in [4.69, 9.17) is 5.73 Å². The number of nitrogens with one attached hydrogen (secondary N) is 1. The molecule has 2 heterocycles. The Morgan fingerprint density at radius 2 is 2.04 bits per heavy atom. The first-order valence-electron chi connectivity index (χ1n) is 8.53. The molecule has 25 heavy (non-hydrogen) atoms. The molecular weight excluding hydrogens is 382 g/mol. The standard InChI is InChI=1S/C18H20BrN5O/c19-12-8-21-18(22-9-12)23-14-2-1-3-15(7-14)24-10-11-4-5-13(20)6-16(11)17(24)25/h4-6,8-9,14-15H,1-3,7,10,20H2,(H,21,22,23)/t14-,15+/m1/s1. The van der Waals surface area contributed by atoms with Gasteiger partial charge in [-0.15, -0.1) is 0 Å². The van der Waals surface area contributed by atoms with Gasteiger partial charge in [0.25, 0.3) is 5.91 Å². The summed E-state index contributed by atoms with van der Waals surface area (Å²) in [5.74, 6) is 0.741. The smallest absolute Gasteiger partial charge is 0.254 e. The molecule has 0 saturated heterocycles. The third-order valence-corrected chi connectivity index (χ3v) is 5.42. The Morgan fingerprint density at radius 1 is 1.24 bits per heavy atom. The van der Waals surface area contributed by atoms with Crippen LogP contribution in [0.4, 0.5) is 11.6 Å². The Hall–Kier alpha value is -2.15. The first kappa shape index (κ1) is 16.3. The molecule has 130 valence electrons. The summed E-state index contributed by atoms with van der Waals surface area (Å²) in [6.07, 6.45) is 7.57. The van der Waals surface area contributed by atoms with Gasteiger partial charge in [0.2, 0.25) is 5.95 Å². The van der Waals surface area contributed by atoms with Crippen molar-refractivity contribution < 1.29 is 4.79 Å². The van der Waals surface area contributed by atoms with Crippen LogP contribution < -0.4 is 11.1 Å². The van der Waals surface area contributed by atoms with Crippen LogP contribution in [-0.2, 0) is 6.54 Å². The number of anilines is 2. The van der Waals surface area contributed by atoms with E-state index < -0.39 is 0 Å². The van der Waals surface area contributed by atoms with E-state index in [9.17, 15) is 4.79 Å². The number of halogens is 1. The number of rotatable bonds is 3. The maximum absolute atomic E-state index is 12.8. The lowest BCUT2D eigenvalue weighted by Gasteiger charge is -2.35. The van der Waals surface area contributed by atoms with Crippen molar-refractivity contribution in [3.05, 3.63) is 46.2 Å². The van der Waals surface area contributed by atoms with E-state index in [-0.39, 0.29) is 18.0 Å². The number of fused-ring (bicyclic) bond motifs is 1. The van der Waals surface area contributed by atoms with Crippen molar-refractivity contribution in [2.75, 3.05) is 11.1 Å². The van der Waals surface area contributed by atoms with Crippen LogP contribution in [0.3, 0.4) is 0 Å². The van der Waals surface area contributed by atoms with Gasteiger partial charge >= 0.3 is 0 Å². The zero-order valence-electron chi connectivity index (χ0n) is 13.8. The lowest BCUT2D eigenvalue weighted by molar-refractivity contribution is 0.0654. The summed E-state index contributed by atoms with van der Waals surface area (Å²) >= 11 is 3.34. The zero-order valence-corrected chi connectivity index (χ0v) is 15.4. The van der Waals surface area contributed by atoms with Crippen molar-refractivity contribution in [3.8, 4) is 0 Å². The van der Waals surface area contributed by atoms with E-state index in [0.29, 0.717) is 18.2 Å². The normalized spacial score (nSPS) is 22.8. The van der Waals surface area contributed by atoms with E-state index in [1.165, 1.54) is 0 Å². The minimum absolute atomic E-state index is 0.104. The van der Waals surface area contributed by atoms with Crippen LogP contribution in [0, 0.1) is 0 Å². The number of carbonyl (C=O) groups is 1. The molecule has 3 N–H and O–H groups in total. The molecule has 1 aromatic heterocycles. The van der Waals surface area contributed by atoms with Gasteiger partial charge in [0.05, 0.1) is 4.47 Å². The van der Waals surface area contributed by atoms with E-state index in [1.807, 2.05) is 17.0 Å². The quantitative estimate of drug-likeness (QED) is 0.771. The fourth-order valence-corrected chi connectivity index (χ4v) is 3.99. The zero-order chi connectivity index (χ0) is 17.4. The molecule has 4 rings (SSSR count). The number of hydrogen-bond acceptors (Lipinski definition) is 5. The van der Waals surface area contributed by atoms with E-state index in [0.717, 1.165) is 41.3 Å². The van der Waals surface area contributed by atoms with E-state index in [2.05, 4.69) is 31.2 Å². The molecule has 1 amide bonds. The van der Waals surface area contributed by atoms with Crippen molar-refractivity contribution >= 4 is 33.5 Å². The molecule has 0 bridgehead atoms. The van der Waals surface area contributed by atoms with Crippen LogP contribution in [0.1, 0.15) is 41.6 Å². The number of hydrogen-bond donors (Lipinski definition) is 2. The summed E-state index contributed by atoms with van der Waals surface area (Å²) in [4.78, 5) is 23.3. The molecule has 0 radical (unpaired) electrons. The van der Waals surface area contributed by atoms with Crippen molar-refractivity contribution in [2.24, 2.45) is 0 Å². The van der Waals surface area contributed by atoms with Crippen LogP contribution in [0.5, 0.6) is 0 Å². The number of aromatic nitrogens is 2. The monoisotopic (exact) mass is 401 g/mol. The van der Waals surface area contributed by atoms with Crippen molar-refractivity contribution in [1.82, 2.24) is 14.9 Å². The van der Waals surface area contributed by atoms with E-state index in [1.54, 1.807) is 18.5 Å². The lowest BCUT2D eigenvalue weighted by atomic mass is 9.90. The fraction of sp³-hybridized carbons (Fsp3) is 0.389. The molecule has 0 unspecified atom stereocenters. The van der Waals surface area contributed by atoms with Gasteiger partial charge in [0.15, 0.2) is 0 Å². The van der Waals surface area contributed by atoms with Gasteiger partial charge in [-0.05, 0) is 59.3 Å². The van der Waals surface area contributed by atoms with Crippen LogP contribution >= 0.6 is 15.9 Å². The molecule has 1 aliphatic carbocycles. The van der Waals surface area contributed by atoms with Crippen molar-refractivity contribution in [1.29, 1.82) is 0 Å². The minimum Gasteiger partial charge on any atom is -0.399 e. The molecule has 1 fully saturated rings. The summed E-state index contributed by atoms with van der Waals surface area (Å²) in [7, 11) is 0. The fourth-order valence-electron chi connectivity index (χ4n) is 3.78. The Balaban J connectivity index is 1.45. The van der Waals surface area contributed by atoms with Crippen LogP contribution in [0.2, 0.25) is 0 Å². The van der Waals surface area contributed by atoms with Crippen molar-refractivity contribution in [3.63, 3.8) is 0 Å². The van der Waals surface area contributed by atoms with Crippen LogP contribution in [-0.4, -0.2) is 32.9 Å². The predicted octanol–water partition coefficient (Wildman–Crippen LogP) is 3.20. The number of carbonyl (C=O) groups excluding carboxylic acids is 1. The second-order valence-electron chi connectivity index (χ2n) is 6.74. The Bertz CT molecular complexity index is 795.